The van der Waals surface area contributed by atoms with Gasteiger partial charge in [0.25, 0.3) is 0 Å². The van der Waals surface area contributed by atoms with Crippen LogP contribution in [0.3, 0.4) is 0 Å². The summed E-state index contributed by atoms with van der Waals surface area (Å²) in [6.07, 6.45) is 5.35. The molecule has 0 bridgehead atoms. The van der Waals surface area contributed by atoms with Gasteiger partial charge in [0.1, 0.15) is 0 Å². The molecular weight excluding hydrogens is 172 g/mol. The summed E-state index contributed by atoms with van der Waals surface area (Å²) in [5, 5.41) is 0. The molecule has 1 aliphatic heterocycles. The molecule has 1 aromatic carbocycles. The normalized spacial score (nSPS) is 22.2. The van der Waals surface area contributed by atoms with E-state index in [0.29, 0.717) is 6.10 Å². The van der Waals surface area contributed by atoms with Crippen molar-refractivity contribution in [2.45, 2.75) is 38.7 Å². The van der Waals surface area contributed by atoms with E-state index in [1.165, 1.54) is 30.4 Å². The van der Waals surface area contributed by atoms with Crippen molar-refractivity contribution in [2.75, 3.05) is 6.61 Å². The third kappa shape index (κ3) is 2.58. The van der Waals surface area contributed by atoms with Crippen molar-refractivity contribution >= 4 is 0 Å². The van der Waals surface area contributed by atoms with Crippen LogP contribution in [0.15, 0.2) is 24.3 Å². The Morgan fingerprint density at radius 2 is 2.00 bits per heavy atom. The number of ether oxygens (including phenoxy) is 1. The van der Waals surface area contributed by atoms with Crippen molar-refractivity contribution in [1.29, 1.82) is 0 Å². The first-order chi connectivity index (χ1) is 6.84. The lowest BCUT2D eigenvalue weighted by Crippen LogP contribution is -2.21. The smallest absolute Gasteiger partial charge is 0.0615 e. The zero-order valence-corrected chi connectivity index (χ0v) is 8.83. The Hall–Kier alpha value is -0.820. The van der Waals surface area contributed by atoms with E-state index in [2.05, 4.69) is 31.2 Å². The van der Waals surface area contributed by atoms with Crippen LogP contribution in [-0.4, -0.2) is 12.7 Å². The molecule has 76 valence electrons. The highest BCUT2D eigenvalue weighted by Crippen LogP contribution is 2.17. The van der Waals surface area contributed by atoms with E-state index >= 15 is 0 Å². The summed E-state index contributed by atoms with van der Waals surface area (Å²) in [5.41, 5.74) is 2.74. The van der Waals surface area contributed by atoms with Gasteiger partial charge in [-0.1, -0.05) is 29.8 Å². The number of aryl methyl sites for hydroxylation is 1. The van der Waals surface area contributed by atoms with Gasteiger partial charge in [0.15, 0.2) is 0 Å². The summed E-state index contributed by atoms with van der Waals surface area (Å²) in [4.78, 5) is 0. The van der Waals surface area contributed by atoms with Gasteiger partial charge in [0.2, 0.25) is 0 Å². The van der Waals surface area contributed by atoms with E-state index in [-0.39, 0.29) is 0 Å². The van der Waals surface area contributed by atoms with E-state index < -0.39 is 0 Å². The first-order valence-electron chi connectivity index (χ1n) is 5.52. The van der Waals surface area contributed by atoms with Crippen molar-refractivity contribution in [3.63, 3.8) is 0 Å². The molecule has 0 unspecified atom stereocenters. The predicted molar refractivity (Wildman–Crippen MR) is 58.5 cm³/mol. The van der Waals surface area contributed by atoms with Crippen LogP contribution in [0.2, 0.25) is 0 Å². The SMILES string of the molecule is Cc1ccc(C[C@H]2CCCCO2)cc1. The van der Waals surface area contributed by atoms with Crippen molar-refractivity contribution in [3.8, 4) is 0 Å². The highest BCUT2D eigenvalue weighted by atomic mass is 16.5. The van der Waals surface area contributed by atoms with Gasteiger partial charge in [0.05, 0.1) is 6.10 Å². The van der Waals surface area contributed by atoms with Crippen molar-refractivity contribution in [1.82, 2.24) is 0 Å². The van der Waals surface area contributed by atoms with Crippen LogP contribution in [0.1, 0.15) is 30.4 Å². The monoisotopic (exact) mass is 190 g/mol. The van der Waals surface area contributed by atoms with E-state index in [0.717, 1.165) is 13.0 Å². The minimum absolute atomic E-state index is 0.464. The van der Waals surface area contributed by atoms with Gasteiger partial charge in [-0.05, 0) is 38.2 Å². The van der Waals surface area contributed by atoms with Crippen LogP contribution in [0, 0.1) is 6.92 Å². The predicted octanol–water partition coefficient (Wildman–Crippen LogP) is 3.11. The molecular formula is C13H18O. The third-order valence-corrected chi connectivity index (χ3v) is 2.86. The lowest BCUT2D eigenvalue weighted by molar-refractivity contribution is 0.0168. The van der Waals surface area contributed by atoms with Crippen LogP contribution in [0.4, 0.5) is 0 Å². The van der Waals surface area contributed by atoms with Crippen molar-refractivity contribution in [2.24, 2.45) is 0 Å². The quantitative estimate of drug-likeness (QED) is 0.696. The fourth-order valence-corrected chi connectivity index (χ4v) is 1.96. The molecule has 1 nitrogen and oxygen atoms in total. The molecule has 1 fully saturated rings. The highest BCUT2D eigenvalue weighted by Gasteiger charge is 2.13. The first-order valence-corrected chi connectivity index (χ1v) is 5.52. The summed E-state index contributed by atoms with van der Waals surface area (Å²) in [6, 6.07) is 8.79. The summed E-state index contributed by atoms with van der Waals surface area (Å²) < 4.78 is 5.71. The second-order valence-corrected chi connectivity index (χ2v) is 4.18. The summed E-state index contributed by atoms with van der Waals surface area (Å²) in [6.45, 7) is 3.08. The molecule has 1 heteroatoms. The Balaban J connectivity index is 1.92. The van der Waals surface area contributed by atoms with Gasteiger partial charge in [-0.15, -0.1) is 0 Å². The molecule has 0 N–H and O–H groups in total. The summed E-state index contributed by atoms with van der Waals surface area (Å²) in [7, 11) is 0. The zero-order chi connectivity index (χ0) is 9.80. The standard InChI is InChI=1S/C13H18O/c1-11-5-7-12(8-6-11)10-13-4-2-3-9-14-13/h5-8,13H,2-4,9-10H2,1H3/t13-/m1/s1. The molecule has 2 rings (SSSR count). The van der Waals surface area contributed by atoms with Crippen LogP contribution in [-0.2, 0) is 11.2 Å². The Morgan fingerprint density at radius 3 is 2.64 bits per heavy atom. The second-order valence-electron chi connectivity index (χ2n) is 4.18. The van der Waals surface area contributed by atoms with Gasteiger partial charge in [-0.2, -0.15) is 0 Å². The number of hydrogen-bond donors (Lipinski definition) is 0. The molecule has 0 amide bonds. The summed E-state index contributed by atoms with van der Waals surface area (Å²) in [5.74, 6) is 0. The Morgan fingerprint density at radius 1 is 1.21 bits per heavy atom. The summed E-state index contributed by atoms with van der Waals surface area (Å²) >= 11 is 0. The molecule has 0 aromatic heterocycles. The molecule has 1 heterocycles. The Kier molecular flexibility index (Phi) is 3.20. The highest BCUT2D eigenvalue weighted by molar-refractivity contribution is 5.21. The lowest BCUT2D eigenvalue weighted by Gasteiger charge is -2.22. The van der Waals surface area contributed by atoms with Gasteiger partial charge >= 0.3 is 0 Å². The molecule has 0 saturated carbocycles. The maximum Gasteiger partial charge on any atom is 0.0615 e. The van der Waals surface area contributed by atoms with Crippen LogP contribution >= 0.6 is 0 Å². The topological polar surface area (TPSA) is 9.23 Å². The Bertz CT molecular complexity index is 270. The minimum atomic E-state index is 0.464. The van der Waals surface area contributed by atoms with Gasteiger partial charge in [-0.25, -0.2) is 0 Å². The molecule has 1 saturated heterocycles. The number of hydrogen-bond acceptors (Lipinski definition) is 1. The average molecular weight is 190 g/mol. The van der Waals surface area contributed by atoms with E-state index in [9.17, 15) is 0 Å². The molecule has 1 atom stereocenters. The molecule has 0 aliphatic carbocycles. The average Bonchev–Trinajstić information content (AvgIpc) is 2.23. The van der Waals surface area contributed by atoms with E-state index in [1.807, 2.05) is 0 Å². The molecule has 0 spiro atoms. The van der Waals surface area contributed by atoms with Crippen LogP contribution in [0.5, 0.6) is 0 Å². The fourth-order valence-electron chi connectivity index (χ4n) is 1.96. The maximum atomic E-state index is 5.71. The first kappa shape index (κ1) is 9.72. The molecule has 1 aromatic rings. The number of benzene rings is 1. The van der Waals surface area contributed by atoms with E-state index in [4.69, 9.17) is 4.74 Å². The third-order valence-electron chi connectivity index (χ3n) is 2.86. The molecule has 0 radical (unpaired) electrons. The zero-order valence-electron chi connectivity index (χ0n) is 8.83. The van der Waals surface area contributed by atoms with Crippen LogP contribution < -0.4 is 0 Å². The largest absolute Gasteiger partial charge is 0.378 e. The van der Waals surface area contributed by atoms with E-state index in [1.54, 1.807) is 0 Å². The van der Waals surface area contributed by atoms with Gasteiger partial charge in [-0.3, -0.25) is 0 Å². The van der Waals surface area contributed by atoms with Crippen molar-refractivity contribution < 1.29 is 4.74 Å². The minimum Gasteiger partial charge on any atom is -0.378 e. The maximum absolute atomic E-state index is 5.71. The van der Waals surface area contributed by atoms with Crippen molar-refractivity contribution in [3.05, 3.63) is 35.4 Å². The number of rotatable bonds is 2. The van der Waals surface area contributed by atoms with Gasteiger partial charge < -0.3 is 4.74 Å². The second kappa shape index (κ2) is 4.61. The lowest BCUT2D eigenvalue weighted by atomic mass is 10.0. The molecule has 1 aliphatic rings. The van der Waals surface area contributed by atoms with Gasteiger partial charge in [0, 0.05) is 6.61 Å². The van der Waals surface area contributed by atoms with Crippen LogP contribution in [0.25, 0.3) is 0 Å². The Labute approximate surface area is 86.1 Å². The fraction of sp³-hybridized carbons (Fsp3) is 0.538. The molecule has 14 heavy (non-hydrogen) atoms.